The molecule has 3 heteroatoms. The first kappa shape index (κ1) is 12.0. The van der Waals surface area contributed by atoms with Crippen LogP contribution in [0.3, 0.4) is 0 Å². The summed E-state index contributed by atoms with van der Waals surface area (Å²) < 4.78 is 12.8. The van der Waals surface area contributed by atoms with Crippen LogP contribution in [0, 0.1) is 5.95 Å². The highest BCUT2D eigenvalue weighted by atomic mass is 19.1. The zero-order valence-electron chi connectivity index (χ0n) is 8.82. The van der Waals surface area contributed by atoms with Gasteiger partial charge < -0.3 is 0 Å². The smallest absolute Gasteiger partial charge is 0.213 e. The molecule has 82 valence electrons. The van der Waals surface area contributed by atoms with Gasteiger partial charge in [0.2, 0.25) is 5.95 Å². The van der Waals surface area contributed by atoms with Crippen molar-refractivity contribution in [1.29, 1.82) is 0 Å². The molecule has 1 heterocycles. The fourth-order valence-corrected chi connectivity index (χ4v) is 1.24. The molecule has 2 nitrogen and oxygen atoms in total. The van der Waals surface area contributed by atoms with Gasteiger partial charge in [0.05, 0.1) is 0 Å². The van der Waals surface area contributed by atoms with E-state index in [1.165, 1.54) is 24.4 Å². The van der Waals surface area contributed by atoms with Crippen LogP contribution in [0.25, 0.3) is 0 Å². The Morgan fingerprint density at radius 2 is 2.25 bits per heavy atom. The standard InChI is InChI=1S/C13H12FNO/c1-3-5-11(4-2)12(16)8-10-6-7-15-13(14)9-10/h3-7,9H,1-2,8H2/b11-5+. The second-order valence-electron chi connectivity index (χ2n) is 3.15. The van der Waals surface area contributed by atoms with Gasteiger partial charge in [-0.15, -0.1) is 0 Å². The second-order valence-corrected chi connectivity index (χ2v) is 3.15. The van der Waals surface area contributed by atoms with E-state index in [0.717, 1.165) is 0 Å². The first-order valence-corrected chi connectivity index (χ1v) is 4.76. The van der Waals surface area contributed by atoms with E-state index < -0.39 is 5.95 Å². The van der Waals surface area contributed by atoms with Crippen molar-refractivity contribution < 1.29 is 9.18 Å². The molecular weight excluding hydrogens is 205 g/mol. The largest absolute Gasteiger partial charge is 0.294 e. The monoisotopic (exact) mass is 217 g/mol. The summed E-state index contributed by atoms with van der Waals surface area (Å²) in [5.41, 5.74) is 1.06. The van der Waals surface area contributed by atoms with Crippen LogP contribution < -0.4 is 0 Å². The number of ketones is 1. The first-order chi connectivity index (χ1) is 7.67. The van der Waals surface area contributed by atoms with E-state index in [1.807, 2.05) is 0 Å². The molecule has 0 radical (unpaired) electrons. The fourth-order valence-electron chi connectivity index (χ4n) is 1.24. The Labute approximate surface area is 93.8 Å². The SMILES string of the molecule is C=C/C=C(\C=C)C(=O)Cc1ccnc(F)c1. The van der Waals surface area contributed by atoms with Gasteiger partial charge in [-0.3, -0.25) is 4.79 Å². The quantitative estimate of drug-likeness (QED) is 0.431. The Morgan fingerprint density at radius 1 is 1.50 bits per heavy atom. The maximum absolute atomic E-state index is 12.8. The number of rotatable bonds is 5. The number of halogens is 1. The molecule has 0 aromatic carbocycles. The molecule has 0 N–H and O–H groups in total. The van der Waals surface area contributed by atoms with Crippen LogP contribution >= 0.6 is 0 Å². The van der Waals surface area contributed by atoms with E-state index in [-0.39, 0.29) is 12.2 Å². The van der Waals surface area contributed by atoms with Crippen LogP contribution in [0.4, 0.5) is 4.39 Å². The molecule has 0 saturated carbocycles. The highest BCUT2D eigenvalue weighted by molar-refractivity contribution is 5.99. The van der Waals surface area contributed by atoms with Crippen molar-refractivity contribution in [3.8, 4) is 0 Å². The Balaban J connectivity index is 2.82. The average molecular weight is 217 g/mol. The summed E-state index contributed by atoms with van der Waals surface area (Å²) in [6.45, 7) is 7.04. The van der Waals surface area contributed by atoms with Crippen molar-refractivity contribution in [1.82, 2.24) is 4.98 Å². The number of aromatic nitrogens is 1. The first-order valence-electron chi connectivity index (χ1n) is 4.76. The van der Waals surface area contributed by atoms with Crippen LogP contribution in [0.2, 0.25) is 0 Å². The summed E-state index contributed by atoms with van der Waals surface area (Å²) in [6.07, 6.45) is 6.02. The Hall–Kier alpha value is -2.03. The minimum atomic E-state index is -0.585. The molecular formula is C13H12FNO. The summed E-state index contributed by atoms with van der Waals surface area (Å²) in [6, 6.07) is 2.85. The third-order valence-corrected chi connectivity index (χ3v) is 1.99. The number of hydrogen-bond acceptors (Lipinski definition) is 2. The van der Waals surface area contributed by atoms with Crippen molar-refractivity contribution in [2.24, 2.45) is 0 Å². The molecule has 0 aliphatic rings. The van der Waals surface area contributed by atoms with Crippen LogP contribution in [0.15, 0.2) is 55.3 Å². The molecule has 0 bridgehead atoms. The van der Waals surface area contributed by atoms with Crippen LogP contribution in [-0.4, -0.2) is 10.8 Å². The number of hydrogen-bond donors (Lipinski definition) is 0. The van der Waals surface area contributed by atoms with Gasteiger partial charge >= 0.3 is 0 Å². The van der Waals surface area contributed by atoms with Crippen molar-refractivity contribution >= 4 is 5.78 Å². The number of Topliss-reactive ketones (excluding diaryl/α,β-unsaturated/α-hetero) is 1. The maximum atomic E-state index is 12.8. The number of allylic oxidation sites excluding steroid dienone is 4. The highest BCUT2D eigenvalue weighted by Crippen LogP contribution is 2.07. The Bertz CT molecular complexity index is 449. The third kappa shape index (κ3) is 3.28. The van der Waals surface area contributed by atoms with Crippen LogP contribution in [0.5, 0.6) is 0 Å². The molecule has 16 heavy (non-hydrogen) atoms. The lowest BCUT2D eigenvalue weighted by Gasteiger charge is -2.01. The molecule has 0 aliphatic carbocycles. The lowest BCUT2D eigenvalue weighted by Crippen LogP contribution is -2.05. The summed E-state index contributed by atoms with van der Waals surface area (Å²) in [5, 5.41) is 0. The summed E-state index contributed by atoms with van der Waals surface area (Å²) in [4.78, 5) is 15.1. The predicted molar refractivity (Wildman–Crippen MR) is 61.4 cm³/mol. The summed E-state index contributed by atoms with van der Waals surface area (Å²) in [5.74, 6) is -0.710. The van der Waals surface area contributed by atoms with Crippen molar-refractivity contribution in [3.63, 3.8) is 0 Å². The number of carbonyl (C=O) groups excluding carboxylic acids is 1. The van der Waals surface area contributed by atoms with Crippen molar-refractivity contribution in [2.75, 3.05) is 0 Å². The van der Waals surface area contributed by atoms with E-state index in [0.29, 0.717) is 11.1 Å². The third-order valence-electron chi connectivity index (χ3n) is 1.99. The molecule has 0 fully saturated rings. The van der Waals surface area contributed by atoms with E-state index in [9.17, 15) is 9.18 Å². The highest BCUT2D eigenvalue weighted by Gasteiger charge is 2.07. The second kappa shape index (κ2) is 5.75. The number of nitrogens with zero attached hydrogens (tertiary/aromatic N) is 1. The molecule has 0 saturated heterocycles. The van der Waals surface area contributed by atoms with E-state index in [2.05, 4.69) is 18.1 Å². The number of carbonyl (C=O) groups is 1. The predicted octanol–water partition coefficient (Wildman–Crippen LogP) is 2.63. The lowest BCUT2D eigenvalue weighted by atomic mass is 10.0. The van der Waals surface area contributed by atoms with Crippen molar-refractivity contribution in [3.05, 3.63) is 66.8 Å². The van der Waals surface area contributed by atoms with Gasteiger partial charge in [-0.2, -0.15) is 4.39 Å². The number of pyridine rings is 1. The van der Waals surface area contributed by atoms with Gasteiger partial charge in [0, 0.05) is 18.2 Å². The van der Waals surface area contributed by atoms with Crippen LogP contribution in [0.1, 0.15) is 5.56 Å². The minimum Gasteiger partial charge on any atom is -0.294 e. The molecule has 1 aromatic heterocycles. The van der Waals surface area contributed by atoms with Gasteiger partial charge in [0.1, 0.15) is 0 Å². The van der Waals surface area contributed by atoms with Gasteiger partial charge in [0.25, 0.3) is 0 Å². The Kier molecular flexibility index (Phi) is 4.33. The normalized spacial score (nSPS) is 10.9. The summed E-state index contributed by atoms with van der Waals surface area (Å²) >= 11 is 0. The minimum absolute atomic E-state index is 0.125. The lowest BCUT2D eigenvalue weighted by molar-refractivity contribution is -0.114. The maximum Gasteiger partial charge on any atom is 0.213 e. The fraction of sp³-hybridized carbons (Fsp3) is 0.0769. The van der Waals surface area contributed by atoms with E-state index >= 15 is 0 Å². The molecule has 0 spiro atoms. The summed E-state index contributed by atoms with van der Waals surface area (Å²) in [7, 11) is 0. The van der Waals surface area contributed by atoms with Crippen molar-refractivity contribution in [2.45, 2.75) is 6.42 Å². The van der Waals surface area contributed by atoms with Gasteiger partial charge in [-0.05, 0) is 17.7 Å². The van der Waals surface area contributed by atoms with Gasteiger partial charge in [0.15, 0.2) is 5.78 Å². The topological polar surface area (TPSA) is 30.0 Å². The molecule has 0 atom stereocenters. The van der Waals surface area contributed by atoms with Gasteiger partial charge in [-0.25, -0.2) is 4.98 Å². The Morgan fingerprint density at radius 3 is 2.81 bits per heavy atom. The molecule has 1 aromatic rings. The molecule has 0 amide bonds. The zero-order valence-corrected chi connectivity index (χ0v) is 8.82. The molecule has 1 rings (SSSR count). The zero-order chi connectivity index (χ0) is 12.0. The molecule has 0 unspecified atom stereocenters. The molecule has 0 aliphatic heterocycles. The van der Waals surface area contributed by atoms with Gasteiger partial charge in [-0.1, -0.05) is 31.4 Å². The average Bonchev–Trinajstić information content (AvgIpc) is 2.25. The van der Waals surface area contributed by atoms with E-state index in [4.69, 9.17) is 0 Å². The van der Waals surface area contributed by atoms with Crippen LogP contribution in [-0.2, 0) is 11.2 Å². The van der Waals surface area contributed by atoms with E-state index in [1.54, 1.807) is 12.1 Å².